The summed E-state index contributed by atoms with van der Waals surface area (Å²) in [6.07, 6.45) is -3.16. The van der Waals surface area contributed by atoms with Gasteiger partial charge in [0.25, 0.3) is 0 Å². The van der Waals surface area contributed by atoms with Crippen LogP contribution in [-0.2, 0) is 4.79 Å². The van der Waals surface area contributed by atoms with Crippen LogP contribution in [0.2, 0.25) is 0 Å². The second kappa shape index (κ2) is 6.53. The molecular weight excluding hydrogens is 289 g/mol. The maximum absolute atomic E-state index is 12.5. The fourth-order valence-electron chi connectivity index (χ4n) is 2.51. The SMILES string of the molecule is CCCN(CC(F)(F)F)C(=O)N1CCCC(C)(C(=O)O)C1. The van der Waals surface area contributed by atoms with Crippen molar-refractivity contribution < 1.29 is 27.9 Å². The van der Waals surface area contributed by atoms with Crippen LogP contribution in [0.3, 0.4) is 0 Å². The van der Waals surface area contributed by atoms with E-state index < -0.39 is 30.1 Å². The summed E-state index contributed by atoms with van der Waals surface area (Å²) in [6, 6.07) is -0.735. The molecule has 5 nitrogen and oxygen atoms in total. The quantitative estimate of drug-likeness (QED) is 0.868. The summed E-state index contributed by atoms with van der Waals surface area (Å²) in [6.45, 7) is 2.13. The largest absolute Gasteiger partial charge is 0.481 e. The number of hydrogen-bond donors (Lipinski definition) is 1. The van der Waals surface area contributed by atoms with Gasteiger partial charge in [0, 0.05) is 19.6 Å². The Morgan fingerprint density at radius 2 is 2.00 bits per heavy atom. The number of likely N-dealkylation sites (tertiary alicyclic amines) is 1. The highest BCUT2D eigenvalue weighted by atomic mass is 19.4. The van der Waals surface area contributed by atoms with Crippen LogP contribution >= 0.6 is 0 Å². The Hall–Kier alpha value is -1.47. The molecule has 21 heavy (non-hydrogen) atoms. The van der Waals surface area contributed by atoms with Gasteiger partial charge in [0.05, 0.1) is 5.41 Å². The fraction of sp³-hybridized carbons (Fsp3) is 0.846. The number of hydrogen-bond acceptors (Lipinski definition) is 2. The number of carbonyl (C=O) groups is 2. The minimum absolute atomic E-state index is 0.00136. The minimum Gasteiger partial charge on any atom is -0.481 e. The van der Waals surface area contributed by atoms with Crippen LogP contribution in [0, 0.1) is 5.41 Å². The molecule has 0 aromatic carbocycles. The first-order valence-electron chi connectivity index (χ1n) is 6.93. The summed E-state index contributed by atoms with van der Waals surface area (Å²) in [7, 11) is 0. The number of piperidine rings is 1. The molecule has 0 radical (unpaired) electrons. The number of rotatable bonds is 4. The molecule has 1 aliphatic rings. The number of urea groups is 1. The van der Waals surface area contributed by atoms with Crippen molar-refractivity contribution in [3.8, 4) is 0 Å². The van der Waals surface area contributed by atoms with Gasteiger partial charge in [-0.15, -0.1) is 0 Å². The molecule has 0 saturated carbocycles. The lowest BCUT2D eigenvalue weighted by Crippen LogP contribution is -2.54. The topological polar surface area (TPSA) is 60.9 Å². The van der Waals surface area contributed by atoms with E-state index in [0.717, 1.165) is 4.90 Å². The van der Waals surface area contributed by atoms with E-state index in [-0.39, 0.29) is 13.1 Å². The molecule has 8 heteroatoms. The summed E-state index contributed by atoms with van der Waals surface area (Å²) >= 11 is 0. The van der Waals surface area contributed by atoms with Crippen LogP contribution in [-0.4, -0.2) is 59.3 Å². The zero-order chi connectivity index (χ0) is 16.3. The number of carboxylic acids is 1. The Balaban J connectivity index is 2.81. The second-order valence-corrected chi connectivity index (χ2v) is 5.71. The van der Waals surface area contributed by atoms with Crippen molar-refractivity contribution in [1.29, 1.82) is 0 Å². The normalized spacial score (nSPS) is 23.0. The van der Waals surface area contributed by atoms with Crippen molar-refractivity contribution in [2.45, 2.75) is 39.3 Å². The van der Waals surface area contributed by atoms with Crippen LogP contribution in [0.15, 0.2) is 0 Å². The molecule has 122 valence electrons. The van der Waals surface area contributed by atoms with Crippen molar-refractivity contribution in [2.75, 3.05) is 26.2 Å². The number of carboxylic acid groups (broad SMARTS) is 1. The Kier molecular flexibility index (Phi) is 5.47. The van der Waals surface area contributed by atoms with Gasteiger partial charge in [-0.1, -0.05) is 6.92 Å². The Bertz CT molecular complexity index is 401. The fourth-order valence-corrected chi connectivity index (χ4v) is 2.51. The second-order valence-electron chi connectivity index (χ2n) is 5.71. The van der Waals surface area contributed by atoms with E-state index in [1.807, 2.05) is 0 Å². The molecule has 1 saturated heterocycles. The van der Waals surface area contributed by atoms with Gasteiger partial charge in [0.15, 0.2) is 0 Å². The van der Waals surface area contributed by atoms with Crippen molar-refractivity contribution in [1.82, 2.24) is 9.80 Å². The van der Waals surface area contributed by atoms with Crippen LogP contribution in [0.5, 0.6) is 0 Å². The molecule has 1 rings (SSSR count). The zero-order valence-electron chi connectivity index (χ0n) is 12.2. The van der Waals surface area contributed by atoms with E-state index in [1.165, 1.54) is 11.8 Å². The number of amides is 2. The smallest absolute Gasteiger partial charge is 0.406 e. The van der Waals surface area contributed by atoms with Crippen molar-refractivity contribution in [2.24, 2.45) is 5.41 Å². The molecule has 2 amide bonds. The van der Waals surface area contributed by atoms with Gasteiger partial charge in [-0.05, 0) is 26.2 Å². The zero-order valence-corrected chi connectivity index (χ0v) is 12.2. The highest BCUT2D eigenvalue weighted by Gasteiger charge is 2.41. The summed E-state index contributed by atoms with van der Waals surface area (Å²) in [5.41, 5.74) is -1.09. The van der Waals surface area contributed by atoms with E-state index in [9.17, 15) is 27.9 Å². The summed E-state index contributed by atoms with van der Waals surface area (Å²) in [5.74, 6) is -1.03. The number of carbonyl (C=O) groups excluding carboxylic acids is 1. The van der Waals surface area contributed by atoms with Crippen molar-refractivity contribution >= 4 is 12.0 Å². The third-order valence-corrected chi connectivity index (χ3v) is 3.62. The molecule has 0 bridgehead atoms. The Morgan fingerprint density at radius 1 is 1.38 bits per heavy atom. The Morgan fingerprint density at radius 3 is 2.48 bits per heavy atom. The van der Waals surface area contributed by atoms with E-state index in [4.69, 9.17) is 0 Å². The third-order valence-electron chi connectivity index (χ3n) is 3.62. The number of aliphatic carboxylic acids is 1. The molecule has 0 aromatic rings. The molecule has 0 spiro atoms. The van der Waals surface area contributed by atoms with Gasteiger partial charge in [0.1, 0.15) is 6.54 Å². The summed E-state index contributed by atoms with van der Waals surface area (Å²) in [5, 5.41) is 9.19. The highest BCUT2D eigenvalue weighted by Crippen LogP contribution is 2.30. The predicted octanol–water partition coefficient (Wildman–Crippen LogP) is 2.57. The lowest BCUT2D eigenvalue weighted by molar-refractivity contribution is -0.151. The van der Waals surface area contributed by atoms with Crippen molar-refractivity contribution in [3.63, 3.8) is 0 Å². The van der Waals surface area contributed by atoms with E-state index >= 15 is 0 Å². The van der Waals surface area contributed by atoms with Crippen LogP contribution in [0.4, 0.5) is 18.0 Å². The van der Waals surface area contributed by atoms with Gasteiger partial charge >= 0.3 is 18.2 Å². The van der Waals surface area contributed by atoms with Crippen molar-refractivity contribution in [3.05, 3.63) is 0 Å². The van der Waals surface area contributed by atoms with Gasteiger partial charge in [-0.2, -0.15) is 13.2 Å². The first-order chi connectivity index (χ1) is 9.59. The predicted molar refractivity (Wildman–Crippen MR) is 69.9 cm³/mol. The molecule has 0 aromatic heterocycles. The average molecular weight is 310 g/mol. The van der Waals surface area contributed by atoms with Crippen LogP contribution in [0.1, 0.15) is 33.1 Å². The van der Waals surface area contributed by atoms with Gasteiger partial charge in [-0.3, -0.25) is 4.79 Å². The van der Waals surface area contributed by atoms with Gasteiger partial charge in [0.2, 0.25) is 0 Å². The van der Waals surface area contributed by atoms with E-state index in [1.54, 1.807) is 6.92 Å². The van der Waals surface area contributed by atoms with Crippen LogP contribution < -0.4 is 0 Å². The lowest BCUT2D eigenvalue weighted by Gasteiger charge is -2.40. The van der Waals surface area contributed by atoms with Gasteiger partial charge < -0.3 is 14.9 Å². The van der Waals surface area contributed by atoms with E-state index in [0.29, 0.717) is 25.8 Å². The first-order valence-corrected chi connectivity index (χ1v) is 6.93. The van der Waals surface area contributed by atoms with Gasteiger partial charge in [-0.25, -0.2) is 4.79 Å². The lowest BCUT2D eigenvalue weighted by atomic mass is 9.82. The molecule has 0 aliphatic carbocycles. The monoisotopic (exact) mass is 310 g/mol. The standard InChI is InChI=1S/C13H21F3N2O3/c1-3-6-17(9-13(14,15)16)11(21)18-7-4-5-12(2,8-18)10(19)20/h3-9H2,1-2H3,(H,19,20). The molecule has 1 heterocycles. The summed E-state index contributed by atoms with van der Waals surface area (Å²) in [4.78, 5) is 25.4. The molecule has 1 fully saturated rings. The van der Waals surface area contributed by atoms with Crippen LogP contribution in [0.25, 0.3) is 0 Å². The first kappa shape index (κ1) is 17.6. The number of alkyl halides is 3. The summed E-state index contributed by atoms with van der Waals surface area (Å²) < 4.78 is 37.6. The molecule has 1 aliphatic heterocycles. The molecule has 1 unspecified atom stereocenters. The Labute approximate surface area is 121 Å². The van der Waals surface area contributed by atoms with E-state index in [2.05, 4.69) is 0 Å². The highest BCUT2D eigenvalue weighted by molar-refractivity contribution is 5.78. The number of nitrogens with zero attached hydrogens (tertiary/aromatic N) is 2. The number of halogens is 3. The molecule has 1 N–H and O–H groups in total. The third kappa shape index (κ3) is 4.78. The maximum Gasteiger partial charge on any atom is 0.406 e. The minimum atomic E-state index is -4.46. The maximum atomic E-state index is 12.5. The molecular formula is C13H21F3N2O3. The average Bonchev–Trinajstić information content (AvgIpc) is 2.35. The molecule has 1 atom stereocenters.